The van der Waals surface area contributed by atoms with Gasteiger partial charge >= 0.3 is 5.97 Å². The van der Waals surface area contributed by atoms with E-state index in [1.54, 1.807) is 0 Å². The molecule has 1 amide bonds. The third kappa shape index (κ3) is 4.60. The molecule has 1 aliphatic carbocycles. The first kappa shape index (κ1) is 21.4. The van der Waals surface area contributed by atoms with E-state index >= 15 is 0 Å². The molecule has 1 aliphatic heterocycles. The molecule has 31 heavy (non-hydrogen) atoms. The number of hydrogen-bond acceptors (Lipinski definition) is 5. The molecule has 2 aromatic rings. The topological polar surface area (TPSA) is 84.5 Å². The zero-order valence-electron chi connectivity index (χ0n) is 18.2. The molecular weight excluding hydrogens is 394 g/mol. The van der Waals surface area contributed by atoms with Crippen molar-refractivity contribution in [3.8, 4) is 5.75 Å². The van der Waals surface area contributed by atoms with Crippen molar-refractivity contribution in [3.63, 3.8) is 0 Å². The Kier molecular flexibility index (Phi) is 6.59. The summed E-state index contributed by atoms with van der Waals surface area (Å²) in [6.07, 6.45) is 5.82. The summed E-state index contributed by atoms with van der Waals surface area (Å²) in [6, 6.07) is 9.60. The van der Waals surface area contributed by atoms with Crippen molar-refractivity contribution in [1.82, 2.24) is 15.1 Å². The third-order valence-corrected chi connectivity index (χ3v) is 6.57. The van der Waals surface area contributed by atoms with E-state index < -0.39 is 5.41 Å². The number of para-hydroxylation sites is 1. The lowest BCUT2D eigenvalue weighted by Gasteiger charge is -2.39. The van der Waals surface area contributed by atoms with Crippen LogP contribution in [0.5, 0.6) is 5.75 Å². The second-order valence-electron chi connectivity index (χ2n) is 8.44. The Labute approximate surface area is 183 Å². The number of H-pyrrole nitrogens is 1. The number of carbonyl (C=O) groups is 2. The minimum Gasteiger partial charge on any atom is -0.494 e. The minimum absolute atomic E-state index is 0.0302. The molecule has 0 bridgehead atoms. The predicted molar refractivity (Wildman–Crippen MR) is 116 cm³/mol. The number of hydrogen-bond donors (Lipinski definition) is 1. The zero-order chi connectivity index (χ0) is 21.7. The lowest BCUT2D eigenvalue weighted by Crippen LogP contribution is -2.48. The standard InChI is InChI=1S/C24H31N3O4/c1-2-30-23(29)24(14-17-31-18-8-4-3-5-9-18)12-15-27(16-13-24)22(28)21-19-10-6-7-11-20(19)25-26-21/h3-5,8-9H,2,6-7,10-17H2,1H3,(H,25,26). The van der Waals surface area contributed by atoms with Gasteiger partial charge in [-0.05, 0) is 64.0 Å². The lowest BCUT2D eigenvalue weighted by atomic mass is 9.75. The molecule has 0 saturated carbocycles. The van der Waals surface area contributed by atoms with Crippen molar-refractivity contribution in [2.45, 2.75) is 51.9 Å². The molecule has 0 atom stereocenters. The maximum absolute atomic E-state index is 13.1. The van der Waals surface area contributed by atoms with E-state index in [9.17, 15) is 9.59 Å². The summed E-state index contributed by atoms with van der Waals surface area (Å²) in [5.74, 6) is 0.575. The lowest BCUT2D eigenvalue weighted by molar-refractivity contribution is -0.159. The van der Waals surface area contributed by atoms with E-state index in [0.717, 1.165) is 42.7 Å². The van der Waals surface area contributed by atoms with Crippen LogP contribution in [0.2, 0.25) is 0 Å². The molecule has 1 saturated heterocycles. The number of likely N-dealkylation sites (tertiary alicyclic amines) is 1. The van der Waals surface area contributed by atoms with Gasteiger partial charge in [0.25, 0.3) is 5.91 Å². The molecule has 1 fully saturated rings. The van der Waals surface area contributed by atoms with Crippen LogP contribution in [-0.2, 0) is 22.4 Å². The number of fused-ring (bicyclic) bond motifs is 1. The maximum atomic E-state index is 13.1. The number of amides is 1. The smallest absolute Gasteiger partial charge is 0.312 e. The number of benzene rings is 1. The quantitative estimate of drug-likeness (QED) is 0.686. The predicted octanol–water partition coefficient (Wildman–Crippen LogP) is 3.54. The van der Waals surface area contributed by atoms with E-state index in [1.165, 1.54) is 0 Å². The summed E-state index contributed by atoms with van der Waals surface area (Å²) >= 11 is 0. The minimum atomic E-state index is -0.618. The van der Waals surface area contributed by atoms with Crippen LogP contribution in [0, 0.1) is 5.41 Å². The summed E-state index contributed by atoms with van der Waals surface area (Å²) in [4.78, 5) is 27.8. The summed E-state index contributed by atoms with van der Waals surface area (Å²) in [6.45, 7) is 3.65. The first-order valence-corrected chi connectivity index (χ1v) is 11.3. The highest BCUT2D eigenvalue weighted by molar-refractivity contribution is 5.94. The second-order valence-corrected chi connectivity index (χ2v) is 8.44. The molecule has 0 spiro atoms. The fraction of sp³-hybridized carbons (Fsp3) is 0.542. The van der Waals surface area contributed by atoms with Crippen molar-refractivity contribution in [1.29, 1.82) is 0 Å². The number of ether oxygens (including phenoxy) is 2. The number of aromatic nitrogens is 2. The zero-order valence-corrected chi connectivity index (χ0v) is 18.2. The van der Waals surface area contributed by atoms with E-state index in [-0.39, 0.29) is 11.9 Å². The summed E-state index contributed by atoms with van der Waals surface area (Å²) in [7, 11) is 0. The van der Waals surface area contributed by atoms with Crippen molar-refractivity contribution < 1.29 is 19.1 Å². The van der Waals surface area contributed by atoms with Gasteiger partial charge in [-0.25, -0.2) is 0 Å². The van der Waals surface area contributed by atoms with Gasteiger partial charge in [0.05, 0.1) is 18.6 Å². The summed E-state index contributed by atoms with van der Waals surface area (Å²) in [5, 5.41) is 7.38. The largest absolute Gasteiger partial charge is 0.494 e. The Morgan fingerprint density at radius 2 is 1.87 bits per heavy atom. The number of carbonyl (C=O) groups excluding carboxylic acids is 2. The molecule has 2 aliphatic rings. The Morgan fingerprint density at radius 3 is 2.61 bits per heavy atom. The average molecular weight is 426 g/mol. The Hall–Kier alpha value is -2.83. The molecular formula is C24H31N3O4. The summed E-state index contributed by atoms with van der Waals surface area (Å²) < 4.78 is 11.3. The highest BCUT2D eigenvalue weighted by Crippen LogP contribution is 2.37. The van der Waals surface area contributed by atoms with Gasteiger partial charge in [-0.2, -0.15) is 5.10 Å². The van der Waals surface area contributed by atoms with Gasteiger partial charge in [-0.1, -0.05) is 18.2 Å². The summed E-state index contributed by atoms with van der Waals surface area (Å²) in [5.41, 5.74) is 2.12. The molecule has 0 unspecified atom stereocenters. The van der Waals surface area contributed by atoms with E-state index in [1.807, 2.05) is 42.2 Å². The number of aromatic amines is 1. The maximum Gasteiger partial charge on any atom is 0.312 e. The number of piperidine rings is 1. The van der Waals surface area contributed by atoms with Gasteiger partial charge < -0.3 is 14.4 Å². The van der Waals surface area contributed by atoms with Crippen LogP contribution in [0.3, 0.4) is 0 Å². The van der Waals surface area contributed by atoms with E-state index in [2.05, 4.69) is 10.2 Å². The molecule has 1 N–H and O–H groups in total. The van der Waals surface area contributed by atoms with E-state index in [4.69, 9.17) is 9.47 Å². The van der Waals surface area contributed by atoms with Crippen LogP contribution in [0.25, 0.3) is 0 Å². The molecule has 1 aromatic carbocycles. The van der Waals surface area contributed by atoms with Crippen LogP contribution in [0.4, 0.5) is 0 Å². The van der Waals surface area contributed by atoms with Crippen molar-refractivity contribution in [2.75, 3.05) is 26.3 Å². The molecule has 0 radical (unpaired) electrons. The molecule has 4 rings (SSSR count). The SMILES string of the molecule is CCOC(=O)C1(CCOc2ccccc2)CCN(C(=O)c2n[nH]c3c2CCCC3)CC1. The molecule has 2 heterocycles. The molecule has 1 aromatic heterocycles. The fourth-order valence-corrected chi connectivity index (χ4v) is 4.67. The van der Waals surface area contributed by atoms with Crippen molar-refractivity contribution in [3.05, 3.63) is 47.3 Å². The first-order valence-electron chi connectivity index (χ1n) is 11.3. The highest BCUT2D eigenvalue weighted by Gasteiger charge is 2.44. The molecule has 166 valence electrons. The van der Waals surface area contributed by atoms with Crippen LogP contribution in [-0.4, -0.2) is 53.3 Å². The highest BCUT2D eigenvalue weighted by atomic mass is 16.5. The van der Waals surface area contributed by atoms with Crippen LogP contribution < -0.4 is 4.74 Å². The first-order chi connectivity index (χ1) is 15.1. The van der Waals surface area contributed by atoms with Gasteiger partial charge in [0.2, 0.25) is 0 Å². The fourth-order valence-electron chi connectivity index (χ4n) is 4.67. The Bertz CT molecular complexity index is 901. The number of nitrogens with one attached hydrogen (secondary N) is 1. The number of aryl methyl sites for hydroxylation is 1. The molecule has 7 nitrogen and oxygen atoms in total. The van der Waals surface area contributed by atoms with Crippen molar-refractivity contribution in [2.24, 2.45) is 5.41 Å². The Balaban J connectivity index is 1.41. The van der Waals surface area contributed by atoms with Crippen LogP contribution in [0.1, 0.15) is 60.8 Å². The number of nitrogens with zero attached hydrogens (tertiary/aromatic N) is 2. The van der Waals surface area contributed by atoms with Gasteiger partial charge in [0.15, 0.2) is 5.69 Å². The second kappa shape index (κ2) is 9.54. The number of rotatable bonds is 7. The van der Waals surface area contributed by atoms with Gasteiger partial charge in [-0.3, -0.25) is 14.7 Å². The monoisotopic (exact) mass is 425 g/mol. The van der Waals surface area contributed by atoms with Gasteiger partial charge in [0.1, 0.15) is 5.75 Å². The third-order valence-electron chi connectivity index (χ3n) is 6.57. The Morgan fingerprint density at radius 1 is 1.13 bits per heavy atom. The van der Waals surface area contributed by atoms with Gasteiger partial charge in [-0.15, -0.1) is 0 Å². The van der Waals surface area contributed by atoms with Crippen LogP contribution >= 0.6 is 0 Å². The van der Waals surface area contributed by atoms with Crippen LogP contribution in [0.15, 0.2) is 30.3 Å². The van der Waals surface area contributed by atoms with E-state index in [0.29, 0.717) is 51.3 Å². The average Bonchev–Trinajstić information content (AvgIpc) is 3.24. The number of esters is 1. The molecule has 7 heteroatoms. The normalized spacial score (nSPS) is 17.6. The van der Waals surface area contributed by atoms with Gasteiger partial charge in [0, 0.05) is 24.3 Å². The van der Waals surface area contributed by atoms with Crippen molar-refractivity contribution >= 4 is 11.9 Å².